The Morgan fingerprint density at radius 2 is 0.500 bits per heavy atom. The molecule has 0 aliphatic carbocycles. The molecule has 0 saturated carbocycles. The number of allylic oxidation sites excluding steroid dienone is 22. The average Bonchev–Trinajstić information content (AvgIpc) is 0.911. The fraction of sp³-hybridized carbons (Fsp3) is 0.694. The summed E-state index contributed by atoms with van der Waals surface area (Å²) in [7, 11) is -9.97. The topological polar surface area (TPSA) is 237 Å². The molecule has 0 amide bonds. The number of esters is 4. The van der Waals surface area contributed by atoms with Gasteiger partial charge in [-0.05, 0) is 154 Å². The molecule has 0 rings (SSSR count). The molecule has 0 aromatic rings. The molecule has 0 spiro atoms. The van der Waals surface area contributed by atoms with E-state index in [0.717, 1.165) is 218 Å². The van der Waals surface area contributed by atoms with Gasteiger partial charge in [0.2, 0.25) is 0 Å². The second-order valence-corrected chi connectivity index (χ2v) is 29.5. The van der Waals surface area contributed by atoms with Crippen molar-refractivity contribution >= 4 is 39.5 Å². The van der Waals surface area contributed by atoms with E-state index in [1.54, 1.807) is 0 Å². The maximum Gasteiger partial charge on any atom is 0.472 e. The Bertz CT molecular complexity index is 2490. The van der Waals surface area contributed by atoms with E-state index in [1.807, 2.05) is 0 Å². The molecule has 5 unspecified atom stereocenters. The summed E-state index contributed by atoms with van der Waals surface area (Å²) in [5.41, 5.74) is 0. The van der Waals surface area contributed by atoms with Crippen molar-refractivity contribution in [3.8, 4) is 0 Å². The predicted octanol–water partition coefficient (Wildman–Crippen LogP) is 23.7. The van der Waals surface area contributed by atoms with Crippen LogP contribution >= 0.6 is 15.6 Å². The van der Waals surface area contributed by atoms with Crippen LogP contribution in [0, 0.1) is 0 Å². The van der Waals surface area contributed by atoms with Gasteiger partial charge >= 0.3 is 39.5 Å². The second-order valence-electron chi connectivity index (χ2n) is 26.6. The number of hydrogen-bond donors (Lipinski definition) is 3. The van der Waals surface area contributed by atoms with Crippen LogP contribution in [0.5, 0.6) is 0 Å². The van der Waals surface area contributed by atoms with Crippen LogP contribution in [0.4, 0.5) is 0 Å². The van der Waals surface area contributed by atoms with E-state index < -0.39 is 97.5 Å². The number of ether oxygens (including phenoxy) is 4. The van der Waals surface area contributed by atoms with Gasteiger partial charge in [-0.15, -0.1) is 0 Å². The van der Waals surface area contributed by atoms with Gasteiger partial charge in [0.15, 0.2) is 12.2 Å². The van der Waals surface area contributed by atoms with Crippen molar-refractivity contribution in [3.05, 3.63) is 134 Å². The first-order chi connectivity index (χ1) is 50.7. The normalized spacial score (nSPS) is 14.6. The number of carbonyl (C=O) groups excluding carboxylic acids is 4. The molecule has 0 saturated heterocycles. The highest BCUT2D eigenvalue weighted by Gasteiger charge is 2.30. The van der Waals surface area contributed by atoms with Gasteiger partial charge in [0.05, 0.1) is 26.4 Å². The summed E-state index contributed by atoms with van der Waals surface area (Å²) < 4.78 is 68.6. The highest BCUT2D eigenvalue weighted by atomic mass is 31.2. The summed E-state index contributed by atoms with van der Waals surface area (Å²) >= 11 is 0. The van der Waals surface area contributed by atoms with Crippen molar-refractivity contribution in [2.45, 2.75) is 341 Å². The molecule has 3 N–H and O–H groups in total. The lowest BCUT2D eigenvalue weighted by atomic mass is 10.1. The summed E-state index contributed by atoms with van der Waals surface area (Å²) in [5.74, 6) is -2.22. The minimum absolute atomic E-state index is 0.0770. The van der Waals surface area contributed by atoms with E-state index in [-0.39, 0.29) is 25.7 Å². The van der Waals surface area contributed by atoms with Crippen LogP contribution in [0.1, 0.15) is 323 Å². The average molecular weight is 1500 g/mol. The van der Waals surface area contributed by atoms with Crippen LogP contribution in [0.3, 0.4) is 0 Å². The van der Waals surface area contributed by atoms with Crippen LogP contribution in [0.2, 0.25) is 0 Å². The molecular weight excluding hydrogens is 1350 g/mol. The van der Waals surface area contributed by atoms with Gasteiger partial charge < -0.3 is 33.8 Å². The summed E-state index contributed by atoms with van der Waals surface area (Å²) in [6.07, 6.45) is 85.6. The molecule has 0 fully saturated rings. The zero-order chi connectivity index (χ0) is 76.0. The predicted molar refractivity (Wildman–Crippen MR) is 427 cm³/mol. The largest absolute Gasteiger partial charge is 0.472 e. The fourth-order valence-electron chi connectivity index (χ4n) is 10.5. The molecule has 0 aromatic carbocycles. The van der Waals surface area contributed by atoms with Crippen LogP contribution < -0.4 is 0 Å². The maximum atomic E-state index is 13.1. The van der Waals surface area contributed by atoms with Gasteiger partial charge in [-0.3, -0.25) is 37.3 Å². The van der Waals surface area contributed by atoms with Crippen molar-refractivity contribution in [3.63, 3.8) is 0 Å². The molecule has 0 bridgehead atoms. The van der Waals surface area contributed by atoms with Crippen molar-refractivity contribution in [1.82, 2.24) is 0 Å². The third-order valence-electron chi connectivity index (χ3n) is 16.6. The molecule has 104 heavy (non-hydrogen) atoms. The number of unbranched alkanes of at least 4 members (excludes halogenated alkanes) is 27. The molecule has 17 nitrogen and oxygen atoms in total. The molecule has 0 radical (unpaired) electrons. The third kappa shape index (κ3) is 75.4. The number of hydrogen-bond acceptors (Lipinski definition) is 15. The standard InChI is InChI=1S/C85H144O17P2/c1-5-9-13-17-21-25-29-33-36-38-39-41-43-47-50-54-58-62-66-70-83(88)96-76-81(102-85(90)72-68-64-60-56-52-48-44-40-37-34-30-26-22-18-14-10-6-2)78-100-104(93,94)98-74-79(86)73-97-103(91,92)99-77-80(101-84(89)71-67-63-59-55-51-45-32-28-24-20-16-12-8-4)75-95-82(87)69-65-61-57-53-49-46-42-35-31-27-23-19-15-11-7-3/h9-11,13-15,21-23,25-28,32-37,39,41-42,79-81,86H,5-8,12,16-20,24,29-31,38,40,43-78H2,1-4H3,(H,91,92)(H,93,94)/b13-9-,14-10-,15-11-,25-21-,26-22-,27-23-,32-28-,36-33-,37-34-,41-39-,42-35-. The van der Waals surface area contributed by atoms with Crippen molar-refractivity contribution in [1.29, 1.82) is 0 Å². The van der Waals surface area contributed by atoms with E-state index in [9.17, 15) is 43.2 Å². The van der Waals surface area contributed by atoms with Gasteiger partial charge in [-0.1, -0.05) is 277 Å². The summed E-state index contributed by atoms with van der Waals surface area (Å²) in [6.45, 7) is 4.49. The second kappa shape index (κ2) is 76.4. The Morgan fingerprint density at radius 1 is 0.279 bits per heavy atom. The Labute approximate surface area is 631 Å². The Hall–Kier alpha value is -4.80. The quantitative estimate of drug-likeness (QED) is 0.0169. The molecule has 0 aromatic heterocycles. The molecule has 0 aliphatic rings. The van der Waals surface area contributed by atoms with Gasteiger partial charge in [0.1, 0.15) is 19.3 Å². The van der Waals surface area contributed by atoms with Crippen LogP contribution in [0.25, 0.3) is 0 Å². The van der Waals surface area contributed by atoms with Crippen molar-refractivity contribution in [2.24, 2.45) is 0 Å². The fourth-order valence-corrected chi connectivity index (χ4v) is 12.1. The number of phosphoric ester groups is 2. The lowest BCUT2D eigenvalue weighted by molar-refractivity contribution is -0.161. The smallest absolute Gasteiger partial charge is 0.462 e. The first-order valence-corrected chi connectivity index (χ1v) is 43.4. The number of rotatable bonds is 75. The Morgan fingerprint density at radius 3 is 0.779 bits per heavy atom. The number of phosphoric acid groups is 2. The van der Waals surface area contributed by atoms with Crippen molar-refractivity contribution < 1.29 is 80.2 Å². The van der Waals surface area contributed by atoms with Gasteiger partial charge in [0, 0.05) is 25.7 Å². The first-order valence-electron chi connectivity index (χ1n) is 40.4. The molecule has 5 atom stereocenters. The van der Waals surface area contributed by atoms with E-state index in [1.165, 1.54) is 25.7 Å². The minimum Gasteiger partial charge on any atom is -0.462 e. The summed E-state index contributed by atoms with van der Waals surface area (Å²) in [4.78, 5) is 73.1. The number of carbonyl (C=O) groups is 4. The monoisotopic (exact) mass is 1500 g/mol. The highest BCUT2D eigenvalue weighted by Crippen LogP contribution is 2.45. The van der Waals surface area contributed by atoms with E-state index in [2.05, 4.69) is 161 Å². The van der Waals surface area contributed by atoms with Crippen LogP contribution in [0.15, 0.2) is 134 Å². The first kappa shape index (κ1) is 99.2. The van der Waals surface area contributed by atoms with Gasteiger partial charge in [-0.2, -0.15) is 0 Å². The number of aliphatic hydroxyl groups is 1. The van der Waals surface area contributed by atoms with Gasteiger partial charge in [-0.25, -0.2) is 9.13 Å². The molecule has 0 heterocycles. The molecule has 0 aliphatic heterocycles. The summed E-state index contributed by atoms with van der Waals surface area (Å²) in [5, 5.41) is 10.6. The molecule has 596 valence electrons. The van der Waals surface area contributed by atoms with Crippen LogP contribution in [-0.4, -0.2) is 96.7 Å². The van der Waals surface area contributed by atoms with E-state index in [4.69, 9.17) is 37.0 Å². The van der Waals surface area contributed by atoms with E-state index in [0.29, 0.717) is 25.7 Å². The minimum atomic E-state index is -4.99. The lowest BCUT2D eigenvalue weighted by Crippen LogP contribution is -2.30. The number of aliphatic hydroxyl groups excluding tert-OH is 1. The van der Waals surface area contributed by atoms with Crippen molar-refractivity contribution in [2.75, 3.05) is 39.6 Å². The lowest BCUT2D eigenvalue weighted by Gasteiger charge is -2.21. The highest BCUT2D eigenvalue weighted by molar-refractivity contribution is 7.47. The SMILES string of the molecule is CC/C=C\C/C=C\C/C=C\C/C=C\CCCCCCCCC(=O)OCC(COP(=O)(O)OCC(O)COP(=O)(O)OCC(COC(=O)CCCCCCC/C=C\C/C=C\C/C=C\CC)OC(=O)CCCCCCC/C=C\CCCCCC)OC(=O)CCCCCCCCC/C=C\C/C=C\C/C=C\CC. The zero-order valence-corrected chi connectivity index (χ0v) is 66.9. The zero-order valence-electron chi connectivity index (χ0n) is 65.2. The van der Waals surface area contributed by atoms with Crippen LogP contribution in [-0.2, 0) is 65.4 Å². The van der Waals surface area contributed by atoms with E-state index >= 15 is 0 Å². The Kier molecular flexibility index (Phi) is 72.9. The Balaban J connectivity index is 5.39. The maximum absolute atomic E-state index is 13.1. The van der Waals surface area contributed by atoms with Gasteiger partial charge in [0.25, 0.3) is 0 Å². The third-order valence-corrected chi connectivity index (χ3v) is 18.5. The summed E-state index contributed by atoms with van der Waals surface area (Å²) in [6, 6.07) is 0. The molecule has 19 heteroatoms. The molecular formula is C85H144O17P2.